The number of aryl methyl sites for hydroxylation is 2. The fourth-order valence-corrected chi connectivity index (χ4v) is 2.70. The normalized spacial score (nSPS) is 11.0. The van der Waals surface area contributed by atoms with Crippen LogP contribution in [0, 0.1) is 13.8 Å². The summed E-state index contributed by atoms with van der Waals surface area (Å²) in [6, 6.07) is 9.11. The third kappa shape index (κ3) is 3.27. The van der Waals surface area contributed by atoms with Crippen LogP contribution in [-0.4, -0.2) is 42.8 Å². The maximum Gasteiger partial charge on any atom is 0.378 e. The van der Waals surface area contributed by atoms with Gasteiger partial charge in [0.2, 0.25) is 5.82 Å². The molecule has 0 saturated heterocycles. The Hall–Kier alpha value is -3.82. The average molecular weight is 380 g/mol. The average Bonchev–Trinajstić information content (AvgIpc) is 3.33. The molecule has 0 saturated carbocycles. The summed E-state index contributed by atoms with van der Waals surface area (Å²) in [7, 11) is 1.56. The highest BCUT2D eigenvalue weighted by molar-refractivity contribution is 5.85. The Labute approximate surface area is 159 Å². The predicted octanol–water partition coefficient (Wildman–Crippen LogP) is 2.16. The molecule has 0 aliphatic carbocycles. The summed E-state index contributed by atoms with van der Waals surface area (Å²) >= 11 is 0. The van der Waals surface area contributed by atoms with Gasteiger partial charge in [-0.2, -0.15) is 9.97 Å². The number of hydrogen-bond donors (Lipinski definition) is 0. The summed E-state index contributed by atoms with van der Waals surface area (Å²) in [5.41, 5.74) is 2.27. The van der Waals surface area contributed by atoms with Crippen LogP contribution >= 0.6 is 0 Å². The molecular formula is C18H16N6O4. The second kappa shape index (κ2) is 7.06. The Morgan fingerprint density at radius 3 is 2.82 bits per heavy atom. The Bertz CT molecular complexity index is 1170. The first-order valence-electron chi connectivity index (χ1n) is 8.39. The van der Waals surface area contributed by atoms with Crippen molar-refractivity contribution in [3.05, 3.63) is 53.4 Å². The van der Waals surface area contributed by atoms with Gasteiger partial charge in [-0.15, -0.1) is 5.10 Å². The van der Waals surface area contributed by atoms with Crippen LogP contribution in [0.4, 0.5) is 0 Å². The number of ether oxygens (including phenoxy) is 2. The summed E-state index contributed by atoms with van der Waals surface area (Å²) < 4.78 is 17.1. The number of carbonyl (C=O) groups is 1. The highest BCUT2D eigenvalue weighted by Crippen LogP contribution is 2.27. The Balaban J connectivity index is 1.49. The summed E-state index contributed by atoms with van der Waals surface area (Å²) in [6.45, 7) is 3.49. The molecule has 0 amide bonds. The van der Waals surface area contributed by atoms with Crippen LogP contribution in [0.25, 0.3) is 17.2 Å². The molecule has 0 unspecified atom stereocenters. The van der Waals surface area contributed by atoms with E-state index in [0.29, 0.717) is 22.9 Å². The van der Waals surface area contributed by atoms with Gasteiger partial charge in [-0.25, -0.2) is 14.3 Å². The monoisotopic (exact) mass is 380 g/mol. The standard InChI is InChI=1S/C18H16N6O4/c1-10-8-11(2)24-18(19-10)21-16(22-24)17(25)27-9-14-20-15(23-28-14)12-6-4-5-7-13(12)26-3/h4-8H,9H2,1-3H3. The molecule has 0 spiro atoms. The molecule has 142 valence electrons. The fourth-order valence-electron chi connectivity index (χ4n) is 2.70. The Morgan fingerprint density at radius 2 is 2.00 bits per heavy atom. The predicted molar refractivity (Wildman–Crippen MR) is 95.7 cm³/mol. The molecule has 3 heterocycles. The molecule has 0 fully saturated rings. The van der Waals surface area contributed by atoms with Crippen LogP contribution < -0.4 is 4.74 Å². The van der Waals surface area contributed by atoms with Gasteiger partial charge in [-0.3, -0.25) is 0 Å². The van der Waals surface area contributed by atoms with E-state index >= 15 is 0 Å². The number of benzene rings is 1. The van der Waals surface area contributed by atoms with Gasteiger partial charge in [0.25, 0.3) is 17.5 Å². The van der Waals surface area contributed by atoms with E-state index in [1.807, 2.05) is 32.0 Å². The third-order valence-corrected chi connectivity index (χ3v) is 3.94. The fraction of sp³-hybridized carbons (Fsp3) is 0.222. The van der Waals surface area contributed by atoms with E-state index in [9.17, 15) is 4.79 Å². The molecule has 0 radical (unpaired) electrons. The van der Waals surface area contributed by atoms with Gasteiger partial charge >= 0.3 is 5.97 Å². The summed E-state index contributed by atoms with van der Waals surface area (Å²) in [5.74, 6) is 0.623. The van der Waals surface area contributed by atoms with Crippen molar-refractivity contribution in [2.45, 2.75) is 20.5 Å². The number of nitrogens with zero attached hydrogens (tertiary/aromatic N) is 6. The molecule has 1 aromatic carbocycles. The van der Waals surface area contributed by atoms with Crippen molar-refractivity contribution in [1.29, 1.82) is 0 Å². The molecule has 28 heavy (non-hydrogen) atoms. The van der Waals surface area contributed by atoms with Crippen molar-refractivity contribution in [2.75, 3.05) is 7.11 Å². The van der Waals surface area contributed by atoms with E-state index in [1.165, 1.54) is 4.52 Å². The van der Waals surface area contributed by atoms with Crippen LogP contribution in [0.15, 0.2) is 34.9 Å². The molecule has 10 heteroatoms. The van der Waals surface area contributed by atoms with E-state index < -0.39 is 5.97 Å². The number of esters is 1. The van der Waals surface area contributed by atoms with Gasteiger partial charge in [-0.1, -0.05) is 17.3 Å². The lowest BCUT2D eigenvalue weighted by molar-refractivity contribution is 0.0415. The summed E-state index contributed by atoms with van der Waals surface area (Å²) in [4.78, 5) is 24.8. The summed E-state index contributed by atoms with van der Waals surface area (Å²) in [5, 5.41) is 8.03. The van der Waals surface area contributed by atoms with Gasteiger partial charge < -0.3 is 14.0 Å². The number of rotatable bonds is 5. The van der Waals surface area contributed by atoms with Crippen molar-refractivity contribution in [1.82, 2.24) is 29.7 Å². The minimum absolute atomic E-state index is 0.0920. The lowest BCUT2D eigenvalue weighted by Gasteiger charge is -2.03. The first-order valence-corrected chi connectivity index (χ1v) is 8.39. The van der Waals surface area contributed by atoms with Crippen molar-refractivity contribution in [3.8, 4) is 17.1 Å². The van der Waals surface area contributed by atoms with E-state index in [-0.39, 0.29) is 18.3 Å². The first-order chi connectivity index (χ1) is 13.5. The van der Waals surface area contributed by atoms with E-state index in [1.54, 1.807) is 19.2 Å². The number of fused-ring (bicyclic) bond motifs is 1. The van der Waals surface area contributed by atoms with Crippen molar-refractivity contribution in [2.24, 2.45) is 0 Å². The van der Waals surface area contributed by atoms with Gasteiger partial charge in [0.1, 0.15) is 5.75 Å². The maximum atomic E-state index is 12.3. The van der Waals surface area contributed by atoms with Crippen LogP contribution in [-0.2, 0) is 11.3 Å². The third-order valence-electron chi connectivity index (χ3n) is 3.94. The second-order valence-electron chi connectivity index (χ2n) is 5.97. The second-order valence-corrected chi connectivity index (χ2v) is 5.97. The minimum atomic E-state index is -0.709. The molecule has 3 aromatic heterocycles. The van der Waals surface area contributed by atoms with Crippen LogP contribution in [0.2, 0.25) is 0 Å². The topological polar surface area (TPSA) is 118 Å². The number of hydrogen-bond acceptors (Lipinski definition) is 9. The zero-order valence-electron chi connectivity index (χ0n) is 15.4. The molecule has 10 nitrogen and oxygen atoms in total. The summed E-state index contributed by atoms with van der Waals surface area (Å²) in [6.07, 6.45) is 0. The number of aromatic nitrogens is 6. The van der Waals surface area contributed by atoms with Crippen LogP contribution in [0.1, 0.15) is 27.9 Å². The quantitative estimate of drug-likeness (QED) is 0.480. The molecule has 0 atom stereocenters. The van der Waals surface area contributed by atoms with E-state index in [2.05, 4.69) is 25.2 Å². The smallest absolute Gasteiger partial charge is 0.378 e. The van der Waals surface area contributed by atoms with Gasteiger partial charge in [0, 0.05) is 11.4 Å². The van der Waals surface area contributed by atoms with Crippen molar-refractivity contribution >= 4 is 11.7 Å². The Kier molecular flexibility index (Phi) is 4.44. The van der Waals surface area contributed by atoms with Crippen LogP contribution in [0.3, 0.4) is 0 Å². The highest BCUT2D eigenvalue weighted by Gasteiger charge is 2.19. The molecule has 4 rings (SSSR count). The van der Waals surface area contributed by atoms with Crippen LogP contribution in [0.5, 0.6) is 5.75 Å². The lowest BCUT2D eigenvalue weighted by Crippen LogP contribution is -2.08. The molecule has 0 N–H and O–H groups in total. The van der Waals surface area contributed by atoms with Gasteiger partial charge in [-0.05, 0) is 32.0 Å². The van der Waals surface area contributed by atoms with Crippen molar-refractivity contribution in [3.63, 3.8) is 0 Å². The highest BCUT2D eigenvalue weighted by atomic mass is 16.6. The molecule has 0 aliphatic heterocycles. The van der Waals surface area contributed by atoms with Crippen molar-refractivity contribution < 1.29 is 18.8 Å². The first kappa shape index (κ1) is 17.6. The molecule has 0 bridgehead atoms. The zero-order valence-corrected chi connectivity index (χ0v) is 15.4. The molecular weight excluding hydrogens is 364 g/mol. The zero-order chi connectivity index (χ0) is 19.7. The number of para-hydroxylation sites is 1. The molecule has 4 aromatic rings. The molecule has 0 aliphatic rings. The number of methoxy groups -OCH3 is 1. The van der Waals surface area contributed by atoms with E-state index in [0.717, 1.165) is 11.4 Å². The largest absolute Gasteiger partial charge is 0.496 e. The maximum absolute atomic E-state index is 12.3. The lowest BCUT2D eigenvalue weighted by atomic mass is 10.2. The van der Waals surface area contributed by atoms with E-state index in [4.69, 9.17) is 14.0 Å². The van der Waals surface area contributed by atoms with Gasteiger partial charge in [0.05, 0.1) is 12.7 Å². The SMILES string of the molecule is COc1ccccc1-c1noc(COC(=O)c2nc3nc(C)cc(C)n3n2)n1. The minimum Gasteiger partial charge on any atom is -0.496 e. The Morgan fingerprint density at radius 1 is 1.18 bits per heavy atom. The van der Waals surface area contributed by atoms with Gasteiger partial charge in [0.15, 0.2) is 6.61 Å². The number of carbonyl (C=O) groups excluding carboxylic acids is 1.